The van der Waals surface area contributed by atoms with E-state index in [9.17, 15) is 4.79 Å². The SMILES string of the molecule is CCOC(=O)Cc1ccc(-c2cc(OC)cc(OC)c2)n1C. The Morgan fingerprint density at radius 1 is 1.09 bits per heavy atom. The molecule has 1 heterocycles. The van der Waals surface area contributed by atoms with Crippen molar-refractivity contribution in [3.05, 3.63) is 36.0 Å². The Balaban J connectivity index is 2.34. The van der Waals surface area contributed by atoms with E-state index in [1.165, 1.54) is 0 Å². The number of carbonyl (C=O) groups excluding carboxylic acids is 1. The van der Waals surface area contributed by atoms with Crippen LogP contribution in [-0.2, 0) is 23.0 Å². The smallest absolute Gasteiger partial charge is 0.311 e. The third-order valence-electron chi connectivity index (χ3n) is 3.50. The number of benzene rings is 1. The number of nitrogens with zero attached hydrogens (tertiary/aromatic N) is 1. The average Bonchev–Trinajstić information content (AvgIpc) is 2.88. The van der Waals surface area contributed by atoms with Gasteiger partial charge in [0.25, 0.3) is 0 Å². The Bertz CT molecular complexity index is 638. The van der Waals surface area contributed by atoms with Gasteiger partial charge in [-0.05, 0) is 31.2 Å². The Labute approximate surface area is 130 Å². The maximum absolute atomic E-state index is 11.6. The first-order valence-corrected chi connectivity index (χ1v) is 7.12. The maximum atomic E-state index is 11.6. The van der Waals surface area contributed by atoms with E-state index in [0.717, 1.165) is 28.5 Å². The van der Waals surface area contributed by atoms with Crippen LogP contribution in [0, 0.1) is 0 Å². The number of methoxy groups -OCH3 is 2. The molecule has 0 saturated heterocycles. The molecule has 22 heavy (non-hydrogen) atoms. The normalized spacial score (nSPS) is 10.4. The second kappa shape index (κ2) is 7.02. The number of hydrogen-bond donors (Lipinski definition) is 0. The summed E-state index contributed by atoms with van der Waals surface area (Å²) < 4.78 is 17.6. The Kier molecular flexibility index (Phi) is 5.09. The molecule has 1 aromatic heterocycles. The molecule has 0 amide bonds. The molecule has 0 bridgehead atoms. The summed E-state index contributed by atoms with van der Waals surface area (Å²) in [7, 11) is 5.17. The molecule has 1 aromatic carbocycles. The van der Waals surface area contributed by atoms with E-state index >= 15 is 0 Å². The highest BCUT2D eigenvalue weighted by Gasteiger charge is 2.13. The van der Waals surface area contributed by atoms with E-state index in [1.807, 2.05) is 41.9 Å². The molecule has 0 aliphatic heterocycles. The number of ether oxygens (including phenoxy) is 3. The Morgan fingerprint density at radius 2 is 1.73 bits per heavy atom. The molecule has 5 nitrogen and oxygen atoms in total. The summed E-state index contributed by atoms with van der Waals surface area (Å²) in [5.74, 6) is 1.23. The summed E-state index contributed by atoms with van der Waals surface area (Å²) in [5.41, 5.74) is 2.85. The quantitative estimate of drug-likeness (QED) is 0.770. The molecular formula is C17H21NO4. The fourth-order valence-electron chi connectivity index (χ4n) is 2.34. The summed E-state index contributed by atoms with van der Waals surface area (Å²) in [6.45, 7) is 2.19. The second-order valence-electron chi connectivity index (χ2n) is 4.85. The number of carbonyl (C=O) groups is 1. The van der Waals surface area contributed by atoms with Gasteiger partial charge in [-0.25, -0.2) is 0 Å². The Morgan fingerprint density at radius 3 is 2.27 bits per heavy atom. The minimum Gasteiger partial charge on any atom is -0.497 e. The van der Waals surface area contributed by atoms with Gasteiger partial charge < -0.3 is 18.8 Å². The lowest BCUT2D eigenvalue weighted by Crippen LogP contribution is -2.10. The van der Waals surface area contributed by atoms with Gasteiger partial charge in [-0.3, -0.25) is 4.79 Å². The summed E-state index contributed by atoms with van der Waals surface area (Å²) in [5, 5.41) is 0. The van der Waals surface area contributed by atoms with E-state index in [2.05, 4.69) is 0 Å². The molecule has 0 saturated carbocycles. The van der Waals surface area contributed by atoms with Gasteiger partial charge in [0.1, 0.15) is 11.5 Å². The molecule has 0 atom stereocenters. The van der Waals surface area contributed by atoms with Crippen molar-refractivity contribution in [1.82, 2.24) is 4.57 Å². The van der Waals surface area contributed by atoms with Crippen LogP contribution >= 0.6 is 0 Å². The molecule has 2 aromatic rings. The summed E-state index contributed by atoms with van der Waals surface area (Å²) >= 11 is 0. The zero-order valence-corrected chi connectivity index (χ0v) is 13.4. The van der Waals surface area contributed by atoms with Gasteiger partial charge in [0.05, 0.1) is 27.2 Å². The van der Waals surface area contributed by atoms with Gasteiger partial charge in [0.15, 0.2) is 0 Å². The number of hydrogen-bond acceptors (Lipinski definition) is 4. The van der Waals surface area contributed by atoms with Crippen LogP contribution in [0.4, 0.5) is 0 Å². The zero-order valence-electron chi connectivity index (χ0n) is 13.4. The molecule has 0 aliphatic rings. The monoisotopic (exact) mass is 303 g/mol. The lowest BCUT2D eigenvalue weighted by Gasteiger charge is -2.11. The Hall–Kier alpha value is -2.43. The van der Waals surface area contributed by atoms with Gasteiger partial charge >= 0.3 is 5.97 Å². The molecule has 2 rings (SSSR count). The van der Waals surface area contributed by atoms with Gasteiger partial charge in [-0.1, -0.05) is 0 Å². The van der Waals surface area contributed by atoms with Crippen LogP contribution in [0.5, 0.6) is 11.5 Å². The first kappa shape index (κ1) is 15.9. The number of rotatable bonds is 6. The van der Waals surface area contributed by atoms with Crippen molar-refractivity contribution in [3.8, 4) is 22.8 Å². The first-order valence-electron chi connectivity index (χ1n) is 7.12. The minimum atomic E-state index is -0.224. The maximum Gasteiger partial charge on any atom is 0.311 e. The van der Waals surface area contributed by atoms with Crippen molar-refractivity contribution in [3.63, 3.8) is 0 Å². The summed E-state index contributed by atoms with van der Waals surface area (Å²) in [6, 6.07) is 9.60. The van der Waals surface area contributed by atoms with Gasteiger partial charge in [-0.2, -0.15) is 0 Å². The van der Waals surface area contributed by atoms with E-state index in [0.29, 0.717) is 6.61 Å². The van der Waals surface area contributed by atoms with Gasteiger partial charge in [0, 0.05) is 30.1 Å². The topological polar surface area (TPSA) is 49.7 Å². The highest BCUT2D eigenvalue weighted by Crippen LogP contribution is 2.30. The largest absolute Gasteiger partial charge is 0.497 e. The lowest BCUT2D eigenvalue weighted by atomic mass is 10.1. The average molecular weight is 303 g/mol. The van der Waals surface area contributed by atoms with E-state index in [-0.39, 0.29) is 12.4 Å². The van der Waals surface area contributed by atoms with Crippen LogP contribution in [0.25, 0.3) is 11.3 Å². The van der Waals surface area contributed by atoms with Crippen LogP contribution in [0.2, 0.25) is 0 Å². The molecule has 0 N–H and O–H groups in total. The zero-order chi connectivity index (χ0) is 16.1. The third-order valence-corrected chi connectivity index (χ3v) is 3.50. The number of esters is 1. The molecule has 0 aliphatic carbocycles. The van der Waals surface area contributed by atoms with Crippen molar-refractivity contribution in [2.45, 2.75) is 13.3 Å². The highest BCUT2D eigenvalue weighted by atomic mass is 16.5. The summed E-state index contributed by atoms with van der Waals surface area (Å²) in [4.78, 5) is 11.6. The van der Waals surface area contributed by atoms with Crippen LogP contribution in [-0.4, -0.2) is 31.4 Å². The van der Waals surface area contributed by atoms with E-state index in [4.69, 9.17) is 14.2 Å². The first-order chi connectivity index (χ1) is 10.6. The van der Waals surface area contributed by atoms with E-state index < -0.39 is 0 Å². The molecular weight excluding hydrogens is 282 g/mol. The fraction of sp³-hybridized carbons (Fsp3) is 0.353. The van der Waals surface area contributed by atoms with Crippen molar-refractivity contribution in [1.29, 1.82) is 0 Å². The molecule has 0 unspecified atom stereocenters. The minimum absolute atomic E-state index is 0.224. The van der Waals surface area contributed by atoms with Crippen molar-refractivity contribution >= 4 is 5.97 Å². The third kappa shape index (κ3) is 3.42. The van der Waals surface area contributed by atoms with E-state index in [1.54, 1.807) is 21.1 Å². The van der Waals surface area contributed by atoms with Crippen LogP contribution in [0.3, 0.4) is 0 Å². The molecule has 0 spiro atoms. The predicted molar refractivity (Wildman–Crippen MR) is 84.3 cm³/mol. The molecule has 5 heteroatoms. The lowest BCUT2D eigenvalue weighted by molar-refractivity contribution is -0.142. The van der Waals surface area contributed by atoms with Gasteiger partial charge in [-0.15, -0.1) is 0 Å². The van der Waals surface area contributed by atoms with Gasteiger partial charge in [0.2, 0.25) is 0 Å². The van der Waals surface area contributed by atoms with Crippen LogP contribution in [0.15, 0.2) is 30.3 Å². The molecule has 118 valence electrons. The second-order valence-corrected chi connectivity index (χ2v) is 4.85. The van der Waals surface area contributed by atoms with Crippen LogP contribution < -0.4 is 9.47 Å². The van der Waals surface area contributed by atoms with Crippen molar-refractivity contribution < 1.29 is 19.0 Å². The fourth-order valence-corrected chi connectivity index (χ4v) is 2.34. The van der Waals surface area contributed by atoms with Crippen LogP contribution in [0.1, 0.15) is 12.6 Å². The number of aromatic nitrogens is 1. The highest BCUT2D eigenvalue weighted by molar-refractivity contribution is 5.73. The standard InChI is InChI=1S/C17H21NO4/c1-5-22-17(19)10-13-6-7-16(18(13)2)12-8-14(20-3)11-15(9-12)21-4/h6-9,11H,5,10H2,1-4H3. The molecule has 0 fully saturated rings. The predicted octanol–water partition coefficient (Wildman–Crippen LogP) is 2.81. The van der Waals surface area contributed by atoms with Crippen molar-refractivity contribution in [2.24, 2.45) is 7.05 Å². The van der Waals surface area contributed by atoms with Crippen molar-refractivity contribution in [2.75, 3.05) is 20.8 Å². The summed E-state index contributed by atoms with van der Waals surface area (Å²) in [6.07, 6.45) is 0.255. The molecule has 0 radical (unpaired) electrons.